The number of carbonyl (C=O) groups is 1. The molecule has 0 radical (unpaired) electrons. The molecule has 0 aliphatic rings. The van der Waals surface area contributed by atoms with Gasteiger partial charge in [-0.1, -0.05) is 54.0 Å². The number of hydrogen-bond donors (Lipinski definition) is 0. The molecule has 0 saturated carbocycles. The summed E-state index contributed by atoms with van der Waals surface area (Å²) in [6, 6.07) is 0. The lowest BCUT2D eigenvalue weighted by Crippen LogP contribution is -2.26. The lowest BCUT2D eigenvalue weighted by Gasteiger charge is -2.36. The van der Waals surface area contributed by atoms with Crippen molar-refractivity contribution in [3.8, 4) is 0 Å². The second kappa shape index (κ2) is 6.96. The van der Waals surface area contributed by atoms with Crippen molar-refractivity contribution < 1.29 is 9.53 Å². The topological polar surface area (TPSA) is 26.3 Å². The lowest BCUT2D eigenvalue weighted by atomic mass is 9.70. The fraction of sp³-hybridized carbons (Fsp3) is 0.812. The molecule has 106 valence electrons. The highest BCUT2D eigenvalue weighted by Gasteiger charge is 2.30. The first kappa shape index (κ1) is 17.2. The van der Waals surface area contributed by atoms with Crippen LogP contribution in [0.1, 0.15) is 67.2 Å². The molecule has 0 amide bonds. The van der Waals surface area contributed by atoms with E-state index in [0.717, 1.165) is 19.3 Å². The second-order valence-corrected chi connectivity index (χ2v) is 6.53. The van der Waals surface area contributed by atoms with E-state index in [-0.39, 0.29) is 11.4 Å². The van der Waals surface area contributed by atoms with Crippen LogP contribution in [-0.2, 0) is 9.53 Å². The Balaban J connectivity index is 4.32. The number of rotatable bonds is 8. The highest BCUT2D eigenvalue weighted by molar-refractivity contribution is 5.86. The van der Waals surface area contributed by atoms with Crippen LogP contribution in [0.3, 0.4) is 0 Å². The van der Waals surface area contributed by atoms with Crippen LogP contribution in [0.5, 0.6) is 0 Å². The Bertz CT molecular complexity index is 291. The molecule has 2 nitrogen and oxygen atoms in total. The minimum atomic E-state index is -0.275. The van der Waals surface area contributed by atoms with Crippen molar-refractivity contribution in [1.82, 2.24) is 0 Å². The lowest BCUT2D eigenvalue weighted by molar-refractivity contribution is -0.139. The molecule has 0 fully saturated rings. The van der Waals surface area contributed by atoms with Crippen LogP contribution in [-0.4, -0.2) is 12.6 Å². The van der Waals surface area contributed by atoms with Gasteiger partial charge in [-0.2, -0.15) is 0 Å². The molecule has 1 unspecified atom stereocenters. The van der Waals surface area contributed by atoms with Crippen molar-refractivity contribution in [1.29, 1.82) is 0 Å². The zero-order chi connectivity index (χ0) is 14.4. The summed E-state index contributed by atoms with van der Waals surface area (Å²) in [7, 11) is 0. The largest absolute Gasteiger partial charge is 0.462 e. The Morgan fingerprint density at radius 3 is 2.11 bits per heavy atom. The van der Waals surface area contributed by atoms with Crippen LogP contribution in [0.2, 0.25) is 0 Å². The molecule has 2 heteroatoms. The van der Waals surface area contributed by atoms with Crippen molar-refractivity contribution in [3.05, 3.63) is 12.2 Å². The smallest absolute Gasteiger partial charge is 0.333 e. The molecule has 1 atom stereocenters. The highest BCUT2D eigenvalue weighted by atomic mass is 16.5. The van der Waals surface area contributed by atoms with E-state index in [1.54, 1.807) is 6.92 Å². The van der Waals surface area contributed by atoms with Crippen LogP contribution in [0, 0.1) is 10.8 Å². The van der Waals surface area contributed by atoms with Crippen molar-refractivity contribution in [2.24, 2.45) is 10.8 Å². The van der Waals surface area contributed by atoms with Crippen LogP contribution < -0.4 is 0 Å². The first-order chi connectivity index (χ1) is 8.16. The van der Waals surface area contributed by atoms with E-state index in [1.165, 1.54) is 6.42 Å². The van der Waals surface area contributed by atoms with E-state index in [9.17, 15) is 4.79 Å². The van der Waals surface area contributed by atoms with Gasteiger partial charge in [-0.15, -0.1) is 0 Å². The van der Waals surface area contributed by atoms with Crippen molar-refractivity contribution in [3.63, 3.8) is 0 Å². The summed E-state index contributed by atoms with van der Waals surface area (Å²) in [6.07, 6.45) is 4.37. The summed E-state index contributed by atoms with van der Waals surface area (Å²) in [6.45, 7) is 17.1. The van der Waals surface area contributed by atoms with Crippen LogP contribution in [0.15, 0.2) is 12.2 Å². The van der Waals surface area contributed by atoms with E-state index in [0.29, 0.717) is 17.6 Å². The predicted molar refractivity (Wildman–Crippen MR) is 77.5 cm³/mol. The molecular weight excluding hydrogens is 224 g/mol. The van der Waals surface area contributed by atoms with E-state index >= 15 is 0 Å². The minimum Gasteiger partial charge on any atom is -0.462 e. The van der Waals surface area contributed by atoms with Gasteiger partial charge in [0.15, 0.2) is 0 Å². The Hall–Kier alpha value is -0.790. The molecule has 0 N–H and O–H groups in total. The first-order valence-corrected chi connectivity index (χ1v) is 6.98. The van der Waals surface area contributed by atoms with Crippen LogP contribution in [0.4, 0.5) is 0 Å². The summed E-state index contributed by atoms with van der Waals surface area (Å²) in [5.74, 6) is -0.275. The average Bonchev–Trinajstić information content (AvgIpc) is 2.28. The van der Waals surface area contributed by atoms with Gasteiger partial charge in [-0.05, 0) is 30.6 Å². The molecule has 0 rings (SSSR count). The molecule has 18 heavy (non-hydrogen) atoms. The van der Waals surface area contributed by atoms with Gasteiger partial charge in [0.1, 0.15) is 0 Å². The number of esters is 1. The molecule has 0 aromatic rings. The third-order valence-corrected chi connectivity index (χ3v) is 4.00. The minimum absolute atomic E-state index is 0.245. The van der Waals surface area contributed by atoms with Gasteiger partial charge in [0.2, 0.25) is 0 Å². The monoisotopic (exact) mass is 254 g/mol. The van der Waals surface area contributed by atoms with Gasteiger partial charge in [-0.25, -0.2) is 4.79 Å². The zero-order valence-corrected chi connectivity index (χ0v) is 13.1. The van der Waals surface area contributed by atoms with Crippen molar-refractivity contribution in [2.75, 3.05) is 6.61 Å². The van der Waals surface area contributed by atoms with Crippen LogP contribution >= 0.6 is 0 Å². The third-order valence-electron chi connectivity index (χ3n) is 4.00. The summed E-state index contributed by atoms with van der Waals surface area (Å²) >= 11 is 0. The van der Waals surface area contributed by atoms with Gasteiger partial charge in [0.05, 0.1) is 6.61 Å². The predicted octanol–water partition coefficient (Wildman–Crippen LogP) is 4.74. The third kappa shape index (κ3) is 6.23. The maximum Gasteiger partial charge on any atom is 0.333 e. The fourth-order valence-electron chi connectivity index (χ4n) is 2.18. The van der Waals surface area contributed by atoms with E-state index in [4.69, 9.17) is 4.74 Å². The molecule has 0 saturated heterocycles. The molecular formula is C16H30O2. The second-order valence-electron chi connectivity index (χ2n) is 6.53. The Morgan fingerprint density at radius 1 is 1.17 bits per heavy atom. The average molecular weight is 254 g/mol. The summed E-state index contributed by atoms with van der Waals surface area (Å²) in [5.41, 5.74) is 1.07. The molecule has 0 heterocycles. The van der Waals surface area contributed by atoms with Crippen molar-refractivity contribution >= 4 is 5.97 Å². The quantitative estimate of drug-likeness (QED) is 0.462. The SMILES string of the molecule is C=C(C)C(=O)OCCC(C)(CC)CC(C)(C)CC. The Labute approximate surface area is 113 Å². The van der Waals surface area contributed by atoms with Gasteiger partial charge in [0, 0.05) is 5.57 Å². The van der Waals surface area contributed by atoms with Crippen molar-refractivity contribution in [2.45, 2.75) is 67.2 Å². The maximum atomic E-state index is 11.3. The summed E-state index contributed by atoms with van der Waals surface area (Å²) in [5, 5.41) is 0. The number of ether oxygens (including phenoxy) is 1. The molecule has 0 bridgehead atoms. The highest BCUT2D eigenvalue weighted by Crippen LogP contribution is 2.40. The standard InChI is InChI=1S/C16H30O2/c1-8-15(5,6)12-16(7,9-2)10-11-18-14(17)13(3)4/h3,8-12H2,1-2,4-7H3. The molecule has 0 aromatic heterocycles. The number of hydrogen-bond acceptors (Lipinski definition) is 2. The number of carbonyl (C=O) groups excluding carboxylic acids is 1. The fourth-order valence-corrected chi connectivity index (χ4v) is 2.18. The van der Waals surface area contributed by atoms with Crippen LogP contribution in [0.25, 0.3) is 0 Å². The normalized spacial score (nSPS) is 15.0. The van der Waals surface area contributed by atoms with Gasteiger partial charge < -0.3 is 4.74 Å². The summed E-state index contributed by atoms with van der Waals surface area (Å²) < 4.78 is 5.21. The first-order valence-electron chi connectivity index (χ1n) is 6.98. The zero-order valence-electron chi connectivity index (χ0n) is 13.1. The van der Waals surface area contributed by atoms with Gasteiger partial charge >= 0.3 is 5.97 Å². The summed E-state index contributed by atoms with van der Waals surface area (Å²) in [4.78, 5) is 11.3. The van der Waals surface area contributed by atoms with E-state index in [2.05, 4.69) is 41.2 Å². The Kier molecular flexibility index (Phi) is 6.66. The Morgan fingerprint density at radius 2 is 1.72 bits per heavy atom. The van der Waals surface area contributed by atoms with Gasteiger partial charge in [0.25, 0.3) is 0 Å². The van der Waals surface area contributed by atoms with Gasteiger partial charge in [-0.3, -0.25) is 0 Å². The molecule has 0 spiro atoms. The molecule has 0 aliphatic heterocycles. The maximum absolute atomic E-state index is 11.3. The van der Waals surface area contributed by atoms with E-state index in [1.807, 2.05) is 0 Å². The molecule has 0 aliphatic carbocycles. The molecule has 0 aromatic carbocycles. The van der Waals surface area contributed by atoms with E-state index < -0.39 is 0 Å².